The molecule has 0 saturated heterocycles. The van der Waals surface area contributed by atoms with Gasteiger partial charge in [0.25, 0.3) is 0 Å². The van der Waals surface area contributed by atoms with E-state index in [1.54, 1.807) is 14.2 Å². The van der Waals surface area contributed by atoms with Crippen LogP contribution in [0.15, 0.2) is 12.1 Å². The van der Waals surface area contributed by atoms with Crippen LogP contribution in [-0.4, -0.2) is 27.1 Å². The maximum Gasteiger partial charge on any atom is 0.169 e. The molecule has 0 aliphatic rings. The Morgan fingerprint density at radius 3 is 2.39 bits per heavy atom. The van der Waals surface area contributed by atoms with Crippen molar-refractivity contribution in [2.45, 2.75) is 19.3 Å². The van der Waals surface area contributed by atoms with E-state index in [1.165, 1.54) is 12.1 Å². The number of hydrogen-bond acceptors (Lipinski definition) is 3. The summed E-state index contributed by atoms with van der Waals surface area (Å²) in [5.74, 6) is -0.486. The number of halogens is 3. The van der Waals surface area contributed by atoms with Crippen LogP contribution in [0.25, 0.3) is 0 Å². The van der Waals surface area contributed by atoms with E-state index in [0.29, 0.717) is 17.1 Å². The second-order valence-corrected chi connectivity index (χ2v) is 4.63. The zero-order valence-electron chi connectivity index (χ0n) is 10.5. The minimum Gasteiger partial charge on any atom is -0.355 e. The zero-order valence-corrected chi connectivity index (χ0v) is 12.0. The molecule has 1 atom stereocenters. The van der Waals surface area contributed by atoms with Crippen molar-refractivity contribution in [3.63, 3.8) is 0 Å². The first-order valence-electron chi connectivity index (χ1n) is 5.43. The summed E-state index contributed by atoms with van der Waals surface area (Å²) in [5, 5.41) is 3.58. The van der Waals surface area contributed by atoms with E-state index in [9.17, 15) is 4.39 Å². The Morgan fingerprint density at radius 2 is 1.83 bits per heavy atom. The van der Waals surface area contributed by atoms with Gasteiger partial charge in [0.1, 0.15) is 5.82 Å². The fraction of sp³-hybridized carbons (Fsp3) is 0.500. The molecule has 0 aromatic heterocycles. The third-order valence-electron chi connectivity index (χ3n) is 2.62. The van der Waals surface area contributed by atoms with E-state index in [2.05, 4.69) is 5.32 Å². The molecule has 1 rings (SSSR count). The van der Waals surface area contributed by atoms with Gasteiger partial charge in [0.15, 0.2) is 6.29 Å². The van der Waals surface area contributed by atoms with Crippen LogP contribution in [0, 0.1) is 5.82 Å². The highest BCUT2D eigenvalue weighted by atomic mass is 35.5. The molecule has 0 fully saturated rings. The summed E-state index contributed by atoms with van der Waals surface area (Å²) in [6.07, 6.45) is -0.358. The van der Waals surface area contributed by atoms with Gasteiger partial charge in [-0.15, -0.1) is 0 Å². The van der Waals surface area contributed by atoms with Crippen molar-refractivity contribution >= 4 is 23.2 Å². The molecule has 3 nitrogen and oxygen atoms in total. The first-order valence-corrected chi connectivity index (χ1v) is 6.18. The fourth-order valence-electron chi connectivity index (χ4n) is 1.52. The lowest BCUT2D eigenvalue weighted by Crippen LogP contribution is -2.31. The molecule has 0 amide bonds. The lowest BCUT2D eigenvalue weighted by molar-refractivity contribution is -0.0997. The smallest absolute Gasteiger partial charge is 0.169 e. The summed E-state index contributed by atoms with van der Waals surface area (Å²) in [6.45, 7) is 2.34. The Morgan fingerprint density at radius 1 is 1.22 bits per heavy atom. The maximum atomic E-state index is 13.4. The van der Waals surface area contributed by atoms with Crippen LogP contribution in [0.3, 0.4) is 0 Å². The number of ether oxygens (including phenoxy) is 2. The predicted molar refractivity (Wildman–Crippen MR) is 70.6 cm³/mol. The third kappa shape index (κ3) is 4.07. The molecule has 102 valence electrons. The SMILES string of the molecule is COC(CNC(C)c1cc(F)c(Cl)cc1Cl)OC. The number of rotatable bonds is 6. The van der Waals surface area contributed by atoms with Gasteiger partial charge in [0.05, 0.1) is 5.02 Å². The molecule has 6 heteroatoms. The van der Waals surface area contributed by atoms with Gasteiger partial charge >= 0.3 is 0 Å². The summed E-state index contributed by atoms with van der Waals surface area (Å²) in [7, 11) is 3.10. The molecule has 1 unspecified atom stereocenters. The van der Waals surface area contributed by atoms with E-state index in [0.717, 1.165) is 0 Å². The number of hydrogen-bond donors (Lipinski definition) is 1. The molecule has 1 aromatic carbocycles. The van der Waals surface area contributed by atoms with Gasteiger partial charge in [-0.2, -0.15) is 0 Å². The largest absolute Gasteiger partial charge is 0.355 e. The van der Waals surface area contributed by atoms with E-state index in [4.69, 9.17) is 32.7 Å². The Bertz CT molecular complexity index is 400. The minimum absolute atomic E-state index is 0.0163. The standard InChI is InChI=1S/C12H16Cl2FNO2/c1-7(16-6-12(17-2)18-3)8-4-11(15)10(14)5-9(8)13/h4-5,7,12,16H,6H2,1-3H3. The van der Waals surface area contributed by atoms with Crippen LogP contribution in [0.5, 0.6) is 0 Å². The highest BCUT2D eigenvalue weighted by Gasteiger charge is 2.14. The summed E-state index contributed by atoms with van der Waals surface area (Å²) < 4.78 is 23.5. The molecule has 0 spiro atoms. The minimum atomic E-state index is -0.486. The van der Waals surface area contributed by atoms with Gasteiger partial charge < -0.3 is 14.8 Å². The lowest BCUT2D eigenvalue weighted by atomic mass is 10.1. The summed E-state index contributed by atoms with van der Waals surface area (Å²) in [4.78, 5) is 0. The zero-order chi connectivity index (χ0) is 13.7. The topological polar surface area (TPSA) is 30.5 Å². The highest BCUT2D eigenvalue weighted by molar-refractivity contribution is 6.35. The van der Waals surface area contributed by atoms with Gasteiger partial charge in [-0.3, -0.25) is 0 Å². The van der Waals surface area contributed by atoms with Gasteiger partial charge in [0.2, 0.25) is 0 Å². The molecular formula is C12H16Cl2FNO2. The Hall–Kier alpha value is -0.390. The van der Waals surface area contributed by atoms with Crippen LogP contribution in [0.2, 0.25) is 10.0 Å². The molecule has 18 heavy (non-hydrogen) atoms. The van der Waals surface area contributed by atoms with Crippen LogP contribution in [-0.2, 0) is 9.47 Å². The Kier molecular flexibility index (Phi) is 6.32. The first kappa shape index (κ1) is 15.7. The molecule has 0 saturated carbocycles. The van der Waals surface area contributed by atoms with Crippen molar-refractivity contribution in [2.24, 2.45) is 0 Å². The average Bonchev–Trinajstić information content (AvgIpc) is 2.34. The van der Waals surface area contributed by atoms with E-state index < -0.39 is 5.82 Å². The quantitative estimate of drug-likeness (QED) is 0.644. The number of benzene rings is 1. The van der Waals surface area contributed by atoms with Crippen molar-refractivity contribution in [3.8, 4) is 0 Å². The van der Waals surface area contributed by atoms with Gasteiger partial charge in [0, 0.05) is 31.8 Å². The molecule has 0 aliphatic carbocycles. The normalized spacial score (nSPS) is 13.1. The van der Waals surface area contributed by atoms with Gasteiger partial charge in [-0.05, 0) is 24.6 Å². The summed E-state index contributed by atoms with van der Waals surface area (Å²) >= 11 is 11.7. The van der Waals surface area contributed by atoms with Crippen LogP contribution in [0.1, 0.15) is 18.5 Å². The number of methoxy groups -OCH3 is 2. The Labute approximate surface area is 116 Å². The molecule has 0 radical (unpaired) electrons. The monoisotopic (exact) mass is 295 g/mol. The van der Waals surface area contributed by atoms with E-state index in [1.807, 2.05) is 6.92 Å². The van der Waals surface area contributed by atoms with Crippen molar-refractivity contribution in [2.75, 3.05) is 20.8 Å². The van der Waals surface area contributed by atoms with Gasteiger partial charge in [-0.25, -0.2) is 4.39 Å². The molecule has 0 aliphatic heterocycles. The Balaban J connectivity index is 2.72. The summed E-state index contributed by atoms with van der Waals surface area (Å²) in [5.41, 5.74) is 0.643. The molecule has 0 heterocycles. The highest BCUT2D eigenvalue weighted by Crippen LogP contribution is 2.28. The fourth-order valence-corrected chi connectivity index (χ4v) is 2.06. The van der Waals surface area contributed by atoms with Crippen LogP contribution >= 0.6 is 23.2 Å². The summed E-state index contributed by atoms with van der Waals surface area (Å²) in [6, 6.07) is 2.59. The average molecular weight is 296 g/mol. The van der Waals surface area contributed by atoms with Crippen LogP contribution in [0.4, 0.5) is 4.39 Å². The molecule has 1 N–H and O–H groups in total. The second kappa shape index (κ2) is 7.26. The first-order chi connectivity index (χ1) is 8.49. The molecular weight excluding hydrogens is 280 g/mol. The predicted octanol–water partition coefficient (Wildman–Crippen LogP) is 3.40. The van der Waals surface area contributed by atoms with Crippen molar-refractivity contribution < 1.29 is 13.9 Å². The maximum absolute atomic E-state index is 13.4. The van der Waals surface area contributed by atoms with Crippen LogP contribution < -0.4 is 5.32 Å². The molecule has 1 aromatic rings. The van der Waals surface area contributed by atoms with Gasteiger partial charge in [-0.1, -0.05) is 23.2 Å². The van der Waals surface area contributed by atoms with Crippen molar-refractivity contribution in [3.05, 3.63) is 33.6 Å². The van der Waals surface area contributed by atoms with E-state index >= 15 is 0 Å². The second-order valence-electron chi connectivity index (χ2n) is 3.82. The van der Waals surface area contributed by atoms with E-state index in [-0.39, 0.29) is 17.4 Å². The van der Waals surface area contributed by atoms with Crippen molar-refractivity contribution in [1.29, 1.82) is 0 Å². The number of nitrogens with one attached hydrogen (secondary N) is 1. The third-order valence-corrected chi connectivity index (χ3v) is 3.24. The molecule has 0 bridgehead atoms. The lowest BCUT2D eigenvalue weighted by Gasteiger charge is -2.20. The van der Waals surface area contributed by atoms with Crippen molar-refractivity contribution in [1.82, 2.24) is 5.32 Å².